The molecule has 0 bridgehead atoms. The van der Waals surface area contributed by atoms with Gasteiger partial charge in [-0.3, -0.25) is 14.9 Å². The molecule has 10 nitrogen and oxygen atoms in total. The summed E-state index contributed by atoms with van der Waals surface area (Å²) in [6.45, 7) is 0. The molecule has 0 saturated heterocycles. The number of pyridine rings is 1. The van der Waals surface area contributed by atoms with Gasteiger partial charge in [0.1, 0.15) is 0 Å². The molecular formula is C13H8N4O6. The SMILES string of the molecule is O=c1cc(-c2noc(-c3cc(O)c(O)c([N+](=O)[O-])c3)n2)cc[nH]1. The van der Waals surface area contributed by atoms with Crippen LogP contribution in [0.1, 0.15) is 0 Å². The maximum Gasteiger partial charge on any atom is 0.315 e. The molecule has 0 unspecified atom stereocenters. The second-order valence-corrected chi connectivity index (χ2v) is 4.48. The summed E-state index contributed by atoms with van der Waals surface area (Å²) in [6.07, 6.45) is 1.41. The zero-order valence-electron chi connectivity index (χ0n) is 11.3. The minimum atomic E-state index is -0.855. The molecule has 0 spiro atoms. The predicted octanol–water partition coefficient (Wildman–Crippen LogP) is 1.41. The van der Waals surface area contributed by atoms with Crippen molar-refractivity contribution < 1.29 is 19.7 Å². The van der Waals surface area contributed by atoms with Gasteiger partial charge in [-0.1, -0.05) is 5.16 Å². The van der Waals surface area contributed by atoms with Crippen LogP contribution in [0.3, 0.4) is 0 Å². The van der Waals surface area contributed by atoms with Crippen LogP contribution in [0.5, 0.6) is 11.5 Å². The Labute approximate surface area is 126 Å². The summed E-state index contributed by atoms with van der Waals surface area (Å²) < 4.78 is 4.99. The smallest absolute Gasteiger partial charge is 0.315 e. The molecule has 3 rings (SSSR count). The number of rotatable bonds is 3. The van der Waals surface area contributed by atoms with Crippen LogP contribution in [0.2, 0.25) is 0 Å². The van der Waals surface area contributed by atoms with Crippen molar-refractivity contribution >= 4 is 5.69 Å². The number of nitrogens with zero attached hydrogens (tertiary/aromatic N) is 3. The Morgan fingerprint density at radius 2 is 2.00 bits per heavy atom. The summed E-state index contributed by atoms with van der Waals surface area (Å²) in [5.74, 6) is -1.56. The Bertz CT molecular complexity index is 961. The Balaban J connectivity index is 2.07. The monoisotopic (exact) mass is 316 g/mol. The number of phenolic OH excluding ortho intramolecular Hbond substituents is 2. The van der Waals surface area contributed by atoms with Gasteiger partial charge < -0.3 is 19.7 Å². The fourth-order valence-electron chi connectivity index (χ4n) is 1.91. The molecule has 2 heterocycles. The minimum absolute atomic E-state index is 0.0515. The third kappa shape index (κ3) is 2.60. The van der Waals surface area contributed by atoms with Crippen molar-refractivity contribution in [2.75, 3.05) is 0 Å². The van der Waals surface area contributed by atoms with E-state index in [1.165, 1.54) is 12.3 Å². The van der Waals surface area contributed by atoms with Crippen LogP contribution in [0.15, 0.2) is 39.8 Å². The van der Waals surface area contributed by atoms with Crippen LogP contribution < -0.4 is 5.56 Å². The fourth-order valence-corrected chi connectivity index (χ4v) is 1.91. The lowest BCUT2D eigenvalue weighted by molar-refractivity contribution is -0.385. The number of nitro groups is 1. The number of nitro benzene ring substituents is 1. The highest BCUT2D eigenvalue weighted by molar-refractivity contribution is 5.68. The van der Waals surface area contributed by atoms with Crippen molar-refractivity contribution in [2.24, 2.45) is 0 Å². The van der Waals surface area contributed by atoms with Gasteiger partial charge in [-0.05, 0) is 12.1 Å². The molecule has 0 amide bonds. The van der Waals surface area contributed by atoms with Gasteiger partial charge in [0.25, 0.3) is 5.89 Å². The molecule has 0 saturated carbocycles. The van der Waals surface area contributed by atoms with Crippen LogP contribution in [-0.4, -0.2) is 30.3 Å². The minimum Gasteiger partial charge on any atom is -0.504 e. The van der Waals surface area contributed by atoms with E-state index in [0.717, 1.165) is 12.1 Å². The zero-order valence-corrected chi connectivity index (χ0v) is 11.3. The maximum atomic E-state index is 11.3. The molecule has 0 aliphatic heterocycles. The lowest BCUT2D eigenvalue weighted by Crippen LogP contribution is -2.02. The largest absolute Gasteiger partial charge is 0.504 e. The second kappa shape index (κ2) is 5.26. The van der Waals surface area contributed by atoms with E-state index in [1.807, 2.05) is 0 Å². The first-order valence-corrected chi connectivity index (χ1v) is 6.19. The summed E-state index contributed by atoms with van der Waals surface area (Å²) >= 11 is 0. The first-order valence-electron chi connectivity index (χ1n) is 6.19. The number of aromatic nitrogens is 3. The molecule has 116 valence electrons. The lowest BCUT2D eigenvalue weighted by Gasteiger charge is -2.01. The Hall–Kier alpha value is -3.69. The molecule has 0 aliphatic carbocycles. The number of hydrogen-bond acceptors (Lipinski definition) is 8. The van der Waals surface area contributed by atoms with Crippen molar-refractivity contribution in [2.45, 2.75) is 0 Å². The average Bonchev–Trinajstić information content (AvgIpc) is 2.99. The van der Waals surface area contributed by atoms with E-state index in [-0.39, 0.29) is 22.8 Å². The number of benzene rings is 1. The van der Waals surface area contributed by atoms with Crippen molar-refractivity contribution in [3.63, 3.8) is 0 Å². The molecule has 2 aromatic heterocycles. The summed E-state index contributed by atoms with van der Waals surface area (Å²) in [5, 5.41) is 33.5. The first kappa shape index (κ1) is 14.3. The molecule has 10 heteroatoms. The zero-order chi connectivity index (χ0) is 16.6. The van der Waals surface area contributed by atoms with E-state index in [0.29, 0.717) is 5.56 Å². The van der Waals surface area contributed by atoms with Gasteiger partial charge in [0.05, 0.1) is 10.5 Å². The van der Waals surface area contributed by atoms with Gasteiger partial charge in [-0.25, -0.2) is 0 Å². The van der Waals surface area contributed by atoms with Crippen molar-refractivity contribution in [1.82, 2.24) is 15.1 Å². The van der Waals surface area contributed by atoms with Gasteiger partial charge >= 0.3 is 5.69 Å². The summed E-state index contributed by atoms with van der Waals surface area (Å²) in [5.41, 5.74) is -0.612. The van der Waals surface area contributed by atoms with Gasteiger partial charge in [-0.15, -0.1) is 0 Å². The number of aromatic amines is 1. The van der Waals surface area contributed by atoms with Crippen LogP contribution in [-0.2, 0) is 0 Å². The second-order valence-electron chi connectivity index (χ2n) is 4.48. The molecule has 0 atom stereocenters. The van der Waals surface area contributed by atoms with Crippen molar-refractivity contribution in [1.29, 1.82) is 0 Å². The number of H-pyrrole nitrogens is 1. The van der Waals surface area contributed by atoms with E-state index in [9.17, 15) is 25.1 Å². The highest BCUT2D eigenvalue weighted by Crippen LogP contribution is 2.39. The number of hydrogen-bond donors (Lipinski definition) is 3. The van der Waals surface area contributed by atoms with E-state index in [2.05, 4.69) is 15.1 Å². The Morgan fingerprint density at radius 3 is 2.70 bits per heavy atom. The molecule has 3 N–H and O–H groups in total. The molecule has 0 aliphatic rings. The Morgan fingerprint density at radius 1 is 1.22 bits per heavy atom. The molecule has 0 fully saturated rings. The van der Waals surface area contributed by atoms with E-state index < -0.39 is 22.1 Å². The lowest BCUT2D eigenvalue weighted by atomic mass is 10.1. The molecule has 1 aromatic carbocycles. The highest BCUT2D eigenvalue weighted by atomic mass is 16.6. The predicted molar refractivity (Wildman–Crippen MR) is 75.8 cm³/mol. The Kier molecular flexibility index (Phi) is 3.26. The van der Waals surface area contributed by atoms with Crippen molar-refractivity contribution in [3.05, 3.63) is 50.9 Å². The normalized spacial score (nSPS) is 10.6. The number of phenols is 2. The van der Waals surface area contributed by atoms with Gasteiger partial charge in [0, 0.05) is 23.9 Å². The maximum absolute atomic E-state index is 11.3. The van der Waals surface area contributed by atoms with Crippen LogP contribution >= 0.6 is 0 Å². The molecule has 3 aromatic rings. The first-order chi connectivity index (χ1) is 11.0. The highest BCUT2D eigenvalue weighted by Gasteiger charge is 2.22. The van der Waals surface area contributed by atoms with E-state index in [1.54, 1.807) is 6.07 Å². The number of aromatic hydroxyl groups is 2. The number of nitrogens with one attached hydrogen (secondary N) is 1. The summed E-state index contributed by atoms with van der Waals surface area (Å²) in [4.78, 5) is 27.7. The van der Waals surface area contributed by atoms with Crippen LogP contribution in [0.25, 0.3) is 22.8 Å². The standard InChI is InChI=1S/C13H8N4O6/c18-9-4-7(3-8(11(9)20)17(21)22)13-15-12(16-23-13)6-1-2-14-10(19)5-6/h1-5,18,20H,(H,14,19). The molecule has 0 radical (unpaired) electrons. The fraction of sp³-hybridized carbons (Fsp3) is 0. The average molecular weight is 316 g/mol. The molecular weight excluding hydrogens is 308 g/mol. The van der Waals surface area contributed by atoms with Crippen LogP contribution in [0, 0.1) is 10.1 Å². The topological polar surface area (TPSA) is 155 Å². The van der Waals surface area contributed by atoms with Gasteiger partial charge in [0.2, 0.25) is 17.1 Å². The third-order valence-electron chi connectivity index (χ3n) is 2.97. The molecule has 23 heavy (non-hydrogen) atoms. The van der Waals surface area contributed by atoms with Crippen LogP contribution in [0.4, 0.5) is 5.69 Å². The summed E-state index contributed by atoms with van der Waals surface area (Å²) in [7, 11) is 0. The van der Waals surface area contributed by atoms with Gasteiger partial charge in [0.15, 0.2) is 5.75 Å². The third-order valence-corrected chi connectivity index (χ3v) is 2.97. The van der Waals surface area contributed by atoms with Crippen molar-refractivity contribution in [3.8, 4) is 34.3 Å². The quantitative estimate of drug-likeness (QED) is 0.372. The van der Waals surface area contributed by atoms with E-state index in [4.69, 9.17) is 4.52 Å². The van der Waals surface area contributed by atoms with E-state index >= 15 is 0 Å². The van der Waals surface area contributed by atoms with Gasteiger partial charge in [-0.2, -0.15) is 4.98 Å². The summed E-state index contributed by atoms with van der Waals surface area (Å²) in [6, 6.07) is 4.85.